The van der Waals surface area contributed by atoms with Crippen LogP contribution in [-0.4, -0.2) is 43.0 Å². The highest BCUT2D eigenvalue weighted by Crippen LogP contribution is 2.28. The van der Waals surface area contributed by atoms with E-state index >= 15 is 0 Å². The van der Waals surface area contributed by atoms with Crippen molar-refractivity contribution in [1.29, 1.82) is 0 Å². The Morgan fingerprint density at radius 3 is 2.18 bits per heavy atom. The number of hydrogen-bond acceptors (Lipinski definition) is 4. The third-order valence-corrected chi connectivity index (χ3v) is 6.87. The van der Waals surface area contributed by atoms with Crippen molar-refractivity contribution in [3.05, 3.63) is 94.5 Å². The molecule has 0 aliphatic rings. The van der Waals surface area contributed by atoms with Crippen LogP contribution in [0.2, 0.25) is 5.02 Å². The van der Waals surface area contributed by atoms with E-state index in [1.54, 1.807) is 31.3 Å². The molecule has 0 radical (unpaired) electrons. The number of carbonyl (C=O) groups is 2. The van der Waals surface area contributed by atoms with Crippen LogP contribution >= 0.6 is 11.6 Å². The summed E-state index contributed by atoms with van der Waals surface area (Å²) in [5.74, 6) is 0.994. The normalized spacial score (nSPS) is 12.3. The summed E-state index contributed by atoms with van der Waals surface area (Å²) in [7, 11) is 3.18. The molecule has 7 heteroatoms. The van der Waals surface area contributed by atoms with Crippen LogP contribution in [0.5, 0.6) is 11.5 Å². The Balaban J connectivity index is 1.90. The molecule has 38 heavy (non-hydrogen) atoms. The molecule has 0 bridgehead atoms. The lowest BCUT2D eigenvalue weighted by molar-refractivity contribution is -0.141. The molecule has 0 aromatic heterocycles. The van der Waals surface area contributed by atoms with Gasteiger partial charge in [-0.3, -0.25) is 9.59 Å². The highest BCUT2D eigenvalue weighted by Gasteiger charge is 2.30. The lowest BCUT2D eigenvalue weighted by atomic mass is 10.0. The molecule has 1 N–H and O–H groups in total. The maximum Gasteiger partial charge on any atom is 0.243 e. The van der Waals surface area contributed by atoms with Crippen molar-refractivity contribution >= 4 is 23.4 Å². The fraction of sp³-hybridized carbons (Fsp3) is 0.355. The van der Waals surface area contributed by atoms with E-state index in [1.807, 2.05) is 74.5 Å². The zero-order valence-corrected chi connectivity index (χ0v) is 23.3. The number of halogens is 1. The van der Waals surface area contributed by atoms with Gasteiger partial charge in [-0.2, -0.15) is 0 Å². The Labute approximate surface area is 230 Å². The van der Waals surface area contributed by atoms with Gasteiger partial charge < -0.3 is 19.7 Å². The maximum atomic E-state index is 13.8. The van der Waals surface area contributed by atoms with E-state index < -0.39 is 6.04 Å². The molecule has 0 aliphatic carbocycles. The Bertz CT molecular complexity index is 1180. The fourth-order valence-electron chi connectivity index (χ4n) is 4.21. The van der Waals surface area contributed by atoms with Crippen LogP contribution < -0.4 is 14.8 Å². The lowest BCUT2D eigenvalue weighted by Crippen LogP contribution is -2.52. The number of hydrogen-bond donors (Lipinski definition) is 1. The zero-order chi connectivity index (χ0) is 27.5. The van der Waals surface area contributed by atoms with Crippen LogP contribution in [0.15, 0.2) is 72.8 Å². The van der Waals surface area contributed by atoms with Crippen LogP contribution in [0.25, 0.3) is 0 Å². The minimum Gasteiger partial charge on any atom is -0.493 e. The highest BCUT2D eigenvalue weighted by molar-refractivity contribution is 6.30. The topological polar surface area (TPSA) is 67.9 Å². The second kappa shape index (κ2) is 14.4. The average Bonchev–Trinajstić information content (AvgIpc) is 2.94. The highest BCUT2D eigenvalue weighted by atomic mass is 35.5. The number of methoxy groups -OCH3 is 2. The van der Waals surface area contributed by atoms with Crippen molar-refractivity contribution < 1.29 is 19.1 Å². The van der Waals surface area contributed by atoms with E-state index in [1.165, 1.54) is 0 Å². The average molecular weight is 537 g/mol. The predicted molar refractivity (Wildman–Crippen MR) is 152 cm³/mol. The maximum absolute atomic E-state index is 13.8. The van der Waals surface area contributed by atoms with Crippen LogP contribution in [0.4, 0.5) is 0 Å². The number of benzene rings is 3. The van der Waals surface area contributed by atoms with Crippen LogP contribution in [0, 0.1) is 0 Å². The minimum atomic E-state index is -0.667. The molecule has 2 atom stereocenters. The van der Waals surface area contributed by atoms with Gasteiger partial charge in [-0.25, -0.2) is 0 Å². The van der Waals surface area contributed by atoms with E-state index in [4.69, 9.17) is 21.1 Å². The summed E-state index contributed by atoms with van der Waals surface area (Å²) in [6.07, 6.45) is 1.96. The standard InChI is InChI=1S/C31H37ClN2O4/c1-5-22(2)33-31(36)27(19-23-9-7-6-8-10-23)34(21-25-11-15-26(32)16-12-25)30(35)18-14-24-13-17-28(37-3)29(20-24)38-4/h6-13,15-17,20,22,27H,5,14,18-19,21H2,1-4H3,(H,33,36)/t22-,27+/m0/s1. The quantitative estimate of drug-likeness (QED) is 0.298. The molecule has 3 aromatic rings. The second-order valence-electron chi connectivity index (χ2n) is 9.36. The summed E-state index contributed by atoms with van der Waals surface area (Å²) in [6, 6.07) is 22.2. The Hall–Kier alpha value is -3.51. The molecule has 0 fully saturated rings. The number of amides is 2. The number of nitrogens with zero attached hydrogens (tertiary/aromatic N) is 1. The number of nitrogens with one attached hydrogen (secondary N) is 1. The largest absolute Gasteiger partial charge is 0.493 e. The molecule has 3 aromatic carbocycles. The summed E-state index contributed by atoms with van der Waals surface area (Å²) in [5, 5.41) is 3.72. The van der Waals surface area contributed by atoms with Gasteiger partial charge >= 0.3 is 0 Å². The Morgan fingerprint density at radius 2 is 1.55 bits per heavy atom. The van der Waals surface area contributed by atoms with Crippen LogP contribution in [0.1, 0.15) is 43.4 Å². The van der Waals surface area contributed by atoms with Crippen molar-refractivity contribution in [2.75, 3.05) is 14.2 Å². The minimum absolute atomic E-state index is 0.0000197. The number of carbonyl (C=O) groups excluding carboxylic acids is 2. The van der Waals surface area contributed by atoms with Gasteiger partial charge in [0.05, 0.1) is 14.2 Å². The number of rotatable bonds is 13. The second-order valence-corrected chi connectivity index (χ2v) is 9.80. The van der Waals surface area contributed by atoms with Gasteiger partial charge in [-0.1, -0.05) is 67.1 Å². The molecule has 0 saturated heterocycles. The van der Waals surface area contributed by atoms with E-state index in [0.29, 0.717) is 35.9 Å². The van der Waals surface area contributed by atoms with Crippen molar-refractivity contribution in [2.24, 2.45) is 0 Å². The third-order valence-electron chi connectivity index (χ3n) is 6.61. The summed E-state index contributed by atoms with van der Waals surface area (Å²) in [4.78, 5) is 29.1. The molecule has 0 aliphatic heterocycles. The van der Waals surface area contributed by atoms with Crippen molar-refractivity contribution in [2.45, 2.75) is 58.2 Å². The van der Waals surface area contributed by atoms with Crippen LogP contribution in [0.3, 0.4) is 0 Å². The molecule has 0 unspecified atom stereocenters. The van der Waals surface area contributed by atoms with Gasteiger partial charge in [0, 0.05) is 30.5 Å². The first kappa shape index (κ1) is 29.1. The first-order chi connectivity index (χ1) is 18.3. The molecule has 0 spiro atoms. The number of aryl methyl sites for hydroxylation is 1. The summed E-state index contributed by atoms with van der Waals surface area (Å²) in [5.41, 5.74) is 2.85. The molecule has 6 nitrogen and oxygen atoms in total. The SMILES string of the molecule is CC[C@H](C)NC(=O)[C@@H](Cc1ccccc1)N(Cc1ccc(Cl)cc1)C(=O)CCc1ccc(OC)c(OC)c1. The molecule has 2 amide bonds. The van der Waals surface area contributed by atoms with Crippen molar-refractivity contribution in [3.8, 4) is 11.5 Å². The Morgan fingerprint density at radius 1 is 0.895 bits per heavy atom. The first-order valence-corrected chi connectivity index (χ1v) is 13.3. The van der Waals surface area contributed by atoms with Gasteiger partial charge in [-0.15, -0.1) is 0 Å². The molecule has 202 valence electrons. The molecular formula is C31H37ClN2O4. The van der Waals surface area contributed by atoms with Crippen LogP contribution in [-0.2, 0) is 29.0 Å². The van der Waals surface area contributed by atoms with E-state index in [9.17, 15) is 9.59 Å². The molecule has 0 heterocycles. The number of ether oxygens (including phenoxy) is 2. The van der Waals surface area contributed by atoms with E-state index in [-0.39, 0.29) is 24.3 Å². The summed E-state index contributed by atoms with van der Waals surface area (Å²) in [6.45, 7) is 4.30. The van der Waals surface area contributed by atoms with Gasteiger partial charge in [0.2, 0.25) is 11.8 Å². The summed E-state index contributed by atoms with van der Waals surface area (Å²) >= 11 is 6.10. The third kappa shape index (κ3) is 8.25. The zero-order valence-electron chi connectivity index (χ0n) is 22.6. The van der Waals surface area contributed by atoms with Gasteiger partial charge in [-0.05, 0) is 60.7 Å². The van der Waals surface area contributed by atoms with Gasteiger partial charge in [0.15, 0.2) is 11.5 Å². The smallest absolute Gasteiger partial charge is 0.243 e. The van der Waals surface area contributed by atoms with Crippen molar-refractivity contribution in [1.82, 2.24) is 10.2 Å². The molecule has 0 saturated carbocycles. The summed E-state index contributed by atoms with van der Waals surface area (Å²) < 4.78 is 10.8. The van der Waals surface area contributed by atoms with E-state index in [2.05, 4.69) is 5.32 Å². The molecular weight excluding hydrogens is 500 g/mol. The molecule has 3 rings (SSSR count). The first-order valence-electron chi connectivity index (χ1n) is 12.9. The fourth-order valence-corrected chi connectivity index (χ4v) is 4.34. The monoisotopic (exact) mass is 536 g/mol. The predicted octanol–water partition coefficient (Wildman–Crippen LogP) is 5.84. The van der Waals surface area contributed by atoms with E-state index in [0.717, 1.165) is 23.1 Å². The Kier molecular flexibility index (Phi) is 11.0. The van der Waals surface area contributed by atoms with Crippen molar-refractivity contribution in [3.63, 3.8) is 0 Å². The lowest BCUT2D eigenvalue weighted by Gasteiger charge is -2.32. The van der Waals surface area contributed by atoms with Gasteiger partial charge in [0.25, 0.3) is 0 Å². The van der Waals surface area contributed by atoms with Gasteiger partial charge in [0.1, 0.15) is 6.04 Å².